The highest BCUT2D eigenvalue weighted by molar-refractivity contribution is 7.38. The van der Waals surface area contributed by atoms with Crippen molar-refractivity contribution in [1.82, 2.24) is 0 Å². The fraction of sp³-hybridized carbons (Fsp3) is 1.00. The van der Waals surface area contributed by atoms with Gasteiger partial charge in [-0.2, -0.15) is 0 Å². The molecule has 0 aromatic carbocycles. The van der Waals surface area contributed by atoms with Crippen molar-refractivity contribution < 1.29 is 9.09 Å². The molecule has 0 bridgehead atoms. The van der Waals surface area contributed by atoms with Crippen LogP contribution in [0.15, 0.2) is 0 Å². The van der Waals surface area contributed by atoms with Gasteiger partial charge in [-0.3, -0.25) is 4.57 Å². The van der Waals surface area contributed by atoms with E-state index in [1.54, 1.807) is 6.66 Å². The second kappa shape index (κ2) is 6.87. The molecule has 68 valence electrons. The van der Waals surface area contributed by atoms with Gasteiger partial charge >= 0.3 is 0 Å². The average Bonchev–Trinajstić information content (AvgIpc) is 1.85. The smallest absolute Gasteiger partial charge is 0.188 e. The lowest BCUT2D eigenvalue weighted by atomic mass is 10.1. The molecule has 1 atom stereocenters. The highest BCUT2D eigenvalue weighted by atomic mass is 31.1. The predicted octanol–water partition coefficient (Wildman–Crippen LogP) is 2.93. The lowest BCUT2D eigenvalue weighted by Gasteiger charge is -2.03. The van der Waals surface area contributed by atoms with E-state index < -0.39 is 8.03 Å². The van der Waals surface area contributed by atoms with E-state index in [-0.39, 0.29) is 0 Å². The molecule has 0 saturated carbocycles. The Morgan fingerprint density at radius 2 is 2.00 bits per heavy atom. The van der Waals surface area contributed by atoms with Crippen LogP contribution in [0.1, 0.15) is 33.1 Å². The van der Waals surface area contributed by atoms with Crippen molar-refractivity contribution in [3.63, 3.8) is 0 Å². The Morgan fingerprint density at radius 1 is 1.36 bits per heavy atom. The molecule has 2 nitrogen and oxygen atoms in total. The first-order chi connectivity index (χ1) is 5.13. The van der Waals surface area contributed by atoms with E-state index >= 15 is 0 Å². The van der Waals surface area contributed by atoms with Gasteiger partial charge in [-0.25, -0.2) is 0 Å². The molecule has 0 N–H and O–H groups in total. The second-order valence-corrected chi connectivity index (χ2v) is 4.50. The van der Waals surface area contributed by atoms with Crippen molar-refractivity contribution in [3.8, 4) is 0 Å². The van der Waals surface area contributed by atoms with Crippen LogP contribution in [0.2, 0.25) is 0 Å². The molecule has 1 unspecified atom stereocenters. The van der Waals surface area contributed by atoms with Crippen LogP contribution in [0.4, 0.5) is 0 Å². The standard InChI is InChI=1S/C8H19O2P/c1-8(2)6-4-5-7-10-11(3)9/h8,11H,4-7H2,1-3H3. The molecule has 0 radical (unpaired) electrons. The molecule has 11 heavy (non-hydrogen) atoms. The summed E-state index contributed by atoms with van der Waals surface area (Å²) in [5.41, 5.74) is 0. The van der Waals surface area contributed by atoms with E-state index in [0.717, 1.165) is 12.3 Å². The molecular formula is C8H19O2P. The summed E-state index contributed by atoms with van der Waals surface area (Å²) in [6.07, 6.45) is 3.48. The SMILES string of the molecule is CC(C)CCCCO[PH](C)=O. The predicted molar refractivity (Wildman–Crippen MR) is 49.6 cm³/mol. The van der Waals surface area contributed by atoms with E-state index in [1.165, 1.54) is 12.8 Å². The van der Waals surface area contributed by atoms with Gasteiger partial charge in [0.2, 0.25) is 0 Å². The molecule has 3 heteroatoms. The van der Waals surface area contributed by atoms with Crippen molar-refractivity contribution in [2.75, 3.05) is 13.3 Å². The van der Waals surface area contributed by atoms with Crippen molar-refractivity contribution in [1.29, 1.82) is 0 Å². The lowest BCUT2D eigenvalue weighted by molar-refractivity contribution is 0.315. The molecule has 0 amide bonds. The van der Waals surface area contributed by atoms with Gasteiger partial charge in [0.25, 0.3) is 0 Å². The van der Waals surface area contributed by atoms with Crippen LogP contribution < -0.4 is 0 Å². The largest absolute Gasteiger partial charge is 0.331 e. The van der Waals surface area contributed by atoms with Crippen molar-refractivity contribution in [2.24, 2.45) is 5.92 Å². The Labute approximate surface area is 70.2 Å². The zero-order valence-electron chi connectivity index (χ0n) is 7.72. The fourth-order valence-electron chi connectivity index (χ4n) is 0.871. The number of unbranched alkanes of at least 4 members (excludes halogenated alkanes) is 1. The summed E-state index contributed by atoms with van der Waals surface area (Å²) < 4.78 is 15.5. The molecular weight excluding hydrogens is 159 g/mol. The lowest BCUT2D eigenvalue weighted by Crippen LogP contribution is -1.90. The minimum atomic E-state index is -1.69. The third kappa shape index (κ3) is 10.2. The van der Waals surface area contributed by atoms with Gasteiger partial charge < -0.3 is 4.52 Å². The van der Waals surface area contributed by atoms with E-state index in [9.17, 15) is 4.57 Å². The molecule has 0 spiro atoms. The van der Waals surface area contributed by atoms with Gasteiger partial charge in [0, 0.05) is 6.66 Å². The van der Waals surface area contributed by atoms with Gasteiger partial charge in [-0.15, -0.1) is 0 Å². The maximum Gasteiger partial charge on any atom is 0.188 e. The third-order valence-corrected chi connectivity index (χ3v) is 2.09. The Hall–Kier alpha value is 0.190. The summed E-state index contributed by atoms with van der Waals surface area (Å²) in [6, 6.07) is 0. The number of hydrogen-bond donors (Lipinski definition) is 0. The molecule has 0 saturated heterocycles. The summed E-state index contributed by atoms with van der Waals surface area (Å²) in [4.78, 5) is 0. The summed E-state index contributed by atoms with van der Waals surface area (Å²) >= 11 is 0. The monoisotopic (exact) mass is 178 g/mol. The first-order valence-corrected chi connectivity index (χ1v) is 6.08. The van der Waals surface area contributed by atoms with E-state index in [1.807, 2.05) is 0 Å². The average molecular weight is 178 g/mol. The maximum absolute atomic E-state index is 10.5. The number of rotatable bonds is 6. The van der Waals surface area contributed by atoms with Crippen LogP contribution in [0.3, 0.4) is 0 Å². The zero-order chi connectivity index (χ0) is 8.69. The highest BCUT2D eigenvalue weighted by Gasteiger charge is 1.94. The zero-order valence-corrected chi connectivity index (χ0v) is 8.72. The third-order valence-electron chi connectivity index (χ3n) is 1.48. The van der Waals surface area contributed by atoms with Gasteiger partial charge in [-0.1, -0.05) is 26.7 Å². The quantitative estimate of drug-likeness (QED) is 0.461. The minimum Gasteiger partial charge on any atom is -0.331 e. The number of hydrogen-bond acceptors (Lipinski definition) is 2. The van der Waals surface area contributed by atoms with Crippen LogP contribution in [0.25, 0.3) is 0 Å². The second-order valence-electron chi connectivity index (χ2n) is 3.23. The van der Waals surface area contributed by atoms with Gasteiger partial charge in [0.15, 0.2) is 8.03 Å². The van der Waals surface area contributed by atoms with E-state index in [4.69, 9.17) is 4.52 Å². The van der Waals surface area contributed by atoms with Crippen molar-refractivity contribution in [3.05, 3.63) is 0 Å². The molecule has 0 heterocycles. The van der Waals surface area contributed by atoms with Crippen molar-refractivity contribution >= 4 is 8.03 Å². The van der Waals surface area contributed by atoms with Crippen LogP contribution in [0.5, 0.6) is 0 Å². The molecule has 0 aromatic rings. The van der Waals surface area contributed by atoms with Crippen LogP contribution in [0, 0.1) is 5.92 Å². The normalized spacial score (nSPS) is 13.8. The highest BCUT2D eigenvalue weighted by Crippen LogP contribution is 2.16. The van der Waals surface area contributed by atoms with E-state index in [2.05, 4.69) is 13.8 Å². The summed E-state index contributed by atoms with van der Waals surface area (Å²) in [7, 11) is -1.69. The maximum atomic E-state index is 10.5. The molecule has 0 aliphatic heterocycles. The van der Waals surface area contributed by atoms with Gasteiger partial charge in [0.05, 0.1) is 6.61 Å². The van der Waals surface area contributed by atoms with Crippen molar-refractivity contribution in [2.45, 2.75) is 33.1 Å². The Kier molecular flexibility index (Phi) is 6.99. The summed E-state index contributed by atoms with van der Waals surface area (Å²) in [5.74, 6) is 0.772. The summed E-state index contributed by atoms with van der Waals surface area (Å²) in [6.45, 7) is 6.72. The molecule has 0 rings (SSSR count). The van der Waals surface area contributed by atoms with Crippen LogP contribution >= 0.6 is 8.03 Å². The summed E-state index contributed by atoms with van der Waals surface area (Å²) in [5, 5.41) is 0. The molecule has 0 fully saturated rings. The Bertz CT molecular complexity index is 113. The molecule has 0 aromatic heterocycles. The fourth-order valence-corrected chi connectivity index (χ4v) is 1.30. The first-order valence-electron chi connectivity index (χ1n) is 4.26. The van der Waals surface area contributed by atoms with E-state index in [0.29, 0.717) is 6.61 Å². The van der Waals surface area contributed by atoms with Crippen LogP contribution in [-0.2, 0) is 9.09 Å². The Balaban J connectivity index is 2.97. The first kappa shape index (κ1) is 11.2. The van der Waals surface area contributed by atoms with Crippen LogP contribution in [-0.4, -0.2) is 13.3 Å². The van der Waals surface area contributed by atoms with Gasteiger partial charge in [0.1, 0.15) is 0 Å². The minimum absolute atomic E-state index is 0.668. The van der Waals surface area contributed by atoms with Gasteiger partial charge in [-0.05, 0) is 12.3 Å². The molecule has 0 aliphatic carbocycles. The Morgan fingerprint density at radius 3 is 2.45 bits per heavy atom. The topological polar surface area (TPSA) is 26.3 Å². The molecule has 0 aliphatic rings.